The maximum Gasteiger partial charge on any atom is 0.422 e. The predicted octanol–water partition coefficient (Wildman–Crippen LogP) is 5.55. The zero-order valence-electron chi connectivity index (χ0n) is 15.8. The van der Waals surface area contributed by atoms with Crippen LogP contribution in [0.15, 0.2) is 48.5 Å². The molecule has 3 rings (SSSR count). The molecule has 0 spiro atoms. The van der Waals surface area contributed by atoms with E-state index < -0.39 is 12.8 Å². The number of carbonyl (C=O) groups excluding carboxylic acids is 1. The average Bonchev–Trinajstić information content (AvgIpc) is 3.01. The molecule has 0 radical (unpaired) electrons. The molecule has 1 N–H and O–H groups in total. The molecule has 4 nitrogen and oxygen atoms in total. The summed E-state index contributed by atoms with van der Waals surface area (Å²) in [4.78, 5) is 17.9. The number of rotatable bonds is 6. The largest absolute Gasteiger partial charge is 0.484 e. The van der Waals surface area contributed by atoms with Gasteiger partial charge in [0.2, 0.25) is 5.91 Å². The SMILES string of the molecule is Cc1ccc(-c2nc(C)sc2CC(=O)Nc2ccc(OCC(F)(F)F)cc2)cc1. The van der Waals surface area contributed by atoms with E-state index in [1.165, 1.54) is 35.6 Å². The Hall–Kier alpha value is -2.87. The Kier molecular flexibility index (Phi) is 6.22. The number of benzene rings is 2. The lowest BCUT2D eigenvalue weighted by molar-refractivity contribution is -0.153. The number of aromatic nitrogens is 1. The summed E-state index contributed by atoms with van der Waals surface area (Å²) in [6.45, 7) is 2.54. The molecule has 1 heterocycles. The maximum atomic E-state index is 12.5. The fraction of sp³-hybridized carbons (Fsp3) is 0.238. The maximum absolute atomic E-state index is 12.5. The van der Waals surface area contributed by atoms with E-state index in [-0.39, 0.29) is 18.1 Å². The number of halogens is 3. The summed E-state index contributed by atoms with van der Waals surface area (Å²) >= 11 is 1.47. The van der Waals surface area contributed by atoms with Crippen molar-refractivity contribution in [2.75, 3.05) is 11.9 Å². The molecule has 0 aliphatic rings. The van der Waals surface area contributed by atoms with Crippen LogP contribution in [0.5, 0.6) is 5.75 Å². The third-order valence-corrected chi connectivity index (χ3v) is 4.96. The van der Waals surface area contributed by atoms with Crippen LogP contribution in [0.1, 0.15) is 15.4 Å². The Labute approximate surface area is 170 Å². The van der Waals surface area contributed by atoms with Crippen LogP contribution in [0.3, 0.4) is 0 Å². The molecule has 0 unspecified atom stereocenters. The molecule has 0 saturated heterocycles. The first-order valence-corrected chi connectivity index (χ1v) is 9.64. The Morgan fingerprint density at radius 3 is 2.34 bits per heavy atom. The summed E-state index contributed by atoms with van der Waals surface area (Å²) in [5.41, 5.74) is 3.36. The Bertz CT molecular complexity index is 981. The normalized spacial score (nSPS) is 11.3. The van der Waals surface area contributed by atoms with Gasteiger partial charge in [0.25, 0.3) is 0 Å². The molecule has 0 bridgehead atoms. The smallest absolute Gasteiger partial charge is 0.422 e. The van der Waals surface area contributed by atoms with E-state index in [2.05, 4.69) is 15.0 Å². The van der Waals surface area contributed by atoms with Crippen LogP contribution in [0.2, 0.25) is 0 Å². The number of ether oxygens (including phenoxy) is 1. The summed E-state index contributed by atoms with van der Waals surface area (Å²) in [6, 6.07) is 13.7. The van der Waals surface area contributed by atoms with Crippen LogP contribution in [0.4, 0.5) is 18.9 Å². The van der Waals surface area contributed by atoms with Gasteiger partial charge in [-0.2, -0.15) is 13.2 Å². The van der Waals surface area contributed by atoms with E-state index in [4.69, 9.17) is 0 Å². The van der Waals surface area contributed by atoms with Crippen molar-refractivity contribution in [2.24, 2.45) is 0 Å². The molecule has 0 atom stereocenters. The van der Waals surface area contributed by atoms with Crippen molar-refractivity contribution in [1.29, 1.82) is 0 Å². The monoisotopic (exact) mass is 420 g/mol. The van der Waals surface area contributed by atoms with Crippen LogP contribution < -0.4 is 10.1 Å². The number of nitrogens with zero attached hydrogens (tertiary/aromatic N) is 1. The Morgan fingerprint density at radius 2 is 1.72 bits per heavy atom. The van der Waals surface area contributed by atoms with Gasteiger partial charge in [-0.25, -0.2) is 4.98 Å². The molecular formula is C21H19F3N2O2S. The molecule has 29 heavy (non-hydrogen) atoms. The highest BCUT2D eigenvalue weighted by Crippen LogP contribution is 2.29. The minimum absolute atomic E-state index is 0.0834. The Morgan fingerprint density at radius 1 is 1.07 bits per heavy atom. The van der Waals surface area contributed by atoms with Crippen molar-refractivity contribution in [3.05, 3.63) is 64.0 Å². The zero-order chi connectivity index (χ0) is 21.0. The second-order valence-electron chi connectivity index (χ2n) is 6.52. The highest BCUT2D eigenvalue weighted by molar-refractivity contribution is 7.12. The second kappa shape index (κ2) is 8.65. The summed E-state index contributed by atoms with van der Waals surface area (Å²) in [7, 11) is 0. The Balaban J connectivity index is 1.65. The number of anilines is 1. The molecule has 0 saturated carbocycles. The van der Waals surface area contributed by atoms with E-state index >= 15 is 0 Å². The number of thiazole rings is 1. The van der Waals surface area contributed by atoms with Crippen LogP contribution in [-0.2, 0) is 11.2 Å². The first kappa shape index (κ1) is 20.9. The van der Waals surface area contributed by atoms with E-state index in [9.17, 15) is 18.0 Å². The van der Waals surface area contributed by atoms with E-state index in [0.717, 1.165) is 26.7 Å². The summed E-state index contributed by atoms with van der Waals surface area (Å²) in [6.07, 6.45) is -4.24. The van der Waals surface area contributed by atoms with Crippen molar-refractivity contribution in [1.82, 2.24) is 4.98 Å². The van der Waals surface area contributed by atoms with Crippen molar-refractivity contribution in [3.63, 3.8) is 0 Å². The topological polar surface area (TPSA) is 51.2 Å². The van der Waals surface area contributed by atoms with Gasteiger partial charge in [0.05, 0.1) is 17.1 Å². The van der Waals surface area contributed by atoms with Gasteiger partial charge in [-0.05, 0) is 38.1 Å². The number of amides is 1. The van der Waals surface area contributed by atoms with Gasteiger partial charge in [-0.1, -0.05) is 29.8 Å². The molecule has 8 heteroatoms. The van der Waals surface area contributed by atoms with Gasteiger partial charge in [0, 0.05) is 16.1 Å². The highest BCUT2D eigenvalue weighted by atomic mass is 32.1. The number of nitrogens with one attached hydrogen (secondary N) is 1. The minimum atomic E-state index is -4.39. The van der Waals surface area contributed by atoms with Gasteiger partial charge in [0.15, 0.2) is 6.61 Å². The lowest BCUT2D eigenvalue weighted by Gasteiger charge is -2.10. The molecule has 2 aromatic carbocycles. The molecule has 0 aliphatic carbocycles. The quantitative estimate of drug-likeness (QED) is 0.569. The number of aryl methyl sites for hydroxylation is 2. The molecular weight excluding hydrogens is 401 g/mol. The summed E-state index contributed by atoms with van der Waals surface area (Å²) in [5.74, 6) is -0.147. The van der Waals surface area contributed by atoms with Crippen LogP contribution in [0, 0.1) is 13.8 Å². The third-order valence-electron chi connectivity index (χ3n) is 3.99. The first-order valence-electron chi connectivity index (χ1n) is 8.82. The number of carbonyl (C=O) groups is 1. The molecule has 1 amide bonds. The molecule has 3 aromatic rings. The fourth-order valence-electron chi connectivity index (χ4n) is 2.68. The number of hydrogen-bond acceptors (Lipinski definition) is 4. The first-order chi connectivity index (χ1) is 13.7. The molecule has 0 fully saturated rings. The van der Waals surface area contributed by atoms with Crippen molar-refractivity contribution >= 4 is 22.9 Å². The summed E-state index contributed by atoms with van der Waals surface area (Å²) in [5, 5.41) is 3.62. The minimum Gasteiger partial charge on any atom is -0.484 e. The highest BCUT2D eigenvalue weighted by Gasteiger charge is 2.28. The van der Waals surface area contributed by atoms with Gasteiger partial charge < -0.3 is 10.1 Å². The number of hydrogen-bond donors (Lipinski definition) is 1. The molecule has 1 aromatic heterocycles. The lowest BCUT2D eigenvalue weighted by atomic mass is 10.1. The van der Waals surface area contributed by atoms with Crippen LogP contribution in [-0.4, -0.2) is 23.7 Å². The van der Waals surface area contributed by atoms with E-state index in [1.54, 1.807) is 0 Å². The van der Waals surface area contributed by atoms with Gasteiger partial charge in [0.1, 0.15) is 5.75 Å². The standard InChI is InChI=1S/C21H19F3N2O2S/c1-13-3-5-15(6-4-13)20-18(29-14(2)25-20)11-19(27)26-16-7-9-17(10-8-16)28-12-21(22,23)24/h3-10H,11-12H2,1-2H3,(H,26,27). The van der Waals surface area contributed by atoms with Gasteiger partial charge in [-0.3, -0.25) is 4.79 Å². The van der Waals surface area contributed by atoms with Crippen LogP contribution >= 0.6 is 11.3 Å². The van der Waals surface area contributed by atoms with Crippen molar-refractivity contribution in [3.8, 4) is 17.0 Å². The van der Waals surface area contributed by atoms with Gasteiger partial charge in [-0.15, -0.1) is 11.3 Å². The zero-order valence-corrected chi connectivity index (χ0v) is 16.7. The van der Waals surface area contributed by atoms with Gasteiger partial charge >= 0.3 is 6.18 Å². The lowest BCUT2D eigenvalue weighted by Crippen LogP contribution is -2.19. The summed E-state index contributed by atoms with van der Waals surface area (Å²) < 4.78 is 41.2. The van der Waals surface area contributed by atoms with Crippen LogP contribution in [0.25, 0.3) is 11.3 Å². The number of alkyl halides is 3. The second-order valence-corrected chi connectivity index (χ2v) is 7.81. The third kappa shape index (κ3) is 6.05. The van der Waals surface area contributed by atoms with E-state index in [1.807, 2.05) is 38.1 Å². The van der Waals surface area contributed by atoms with E-state index in [0.29, 0.717) is 5.69 Å². The average molecular weight is 420 g/mol. The molecule has 152 valence electrons. The predicted molar refractivity (Wildman–Crippen MR) is 107 cm³/mol. The van der Waals surface area contributed by atoms with Crippen molar-refractivity contribution in [2.45, 2.75) is 26.4 Å². The van der Waals surface area contributed by atoms with Crippen molar-refractivity contribution < 1.29 is 22.7 Å². The molecule has 0 aliphatic heterocycles. The fourth-order valence-corrected chi connectivity index (χ4v) is 3.63.